The van der Waals surface area contributed by atoms with E-state index in [0.29, 0.717) is 12.0 Å². The van der Waals surface area contributed by atoms with E-state index in [2.05, 4.69) is 59.7 Å². The van der Waals surface area contributed by atoms with Gasteiger partial charge in [-0.3, -0.25) is 4.90 Å². The van der Waals surface area contributed by atoms with Crippen molar-refractivity contribution in [3.63, 3.8) is 0 Å². The topological polar surface area (TPSA) is 19.0 Å². The molecule has 0 radical (unpaired) electrons. The highest BCUT2D eigenvalue weighted by atomic mass is 16.5. The van der Waals surface area contributed by atoms with E-state index in [9.17, 15) is 0 Å². The van der Waals surface area contributed by atoms with E-state index in [0.717, 1.165) is 13.2 Å². The van der Waals surface area contributed by atoms with Crippen molar-refractivity contribution >= 4 is 0 Å². The van der Waals surface area contributed by atoms with Gasteiger partial charge >= 0.3 is 0 Å². The Balaban J connectivity index is 1.25. The van der Waals surface area contributed by atoms with Gasteiger partial charge in [-0.1, -0.05) is 45.0 Å². The van der Waals surface area contributed by atoms with Crippen molar-refractivity contribution in [3.05, 3.63) is 35.4 Å². The molecule has 0 atom stereocenters. The van der Waals surface area contributed by atoms with Crippen LogP contribution in [0.15, 0.2) is 24.3 Å². The zero-order chi connectivity index (χ0) is 20.5. The first-order chi connectivity index (χ1) is 14.1. The van der Waals surface area contributed by atoms with Crippen LogP contribution in [0.25, 0.3) is 0 Å². The fourth-order valence-electron chi connectivity index (χ4n) is 4.59. The second-order valence-corrected chi connectivity index (χ2v) is 9.28. The summed E-state index contributed by atoms with van der Waals surface area (Å²) in [6.45, 7) is 18.4. The van der Waals surface area contributed by atoms with Gasteiger partial charge in [-0.25, -0.2) is 0 Å². The first-order valence-corrected chi connectivity index (χ1v) is 12.0. The van der Waals surface area contributed by atoms with Gasteiger partial charge in [0.2, 0.25) is 0 Å². The van der Waals surface area contributed by atoms with Crippen LogP contribution < -0.4 is 0 Å². The molecule has 29 heavy (non-hydrogen) atoms. The van der Waals surface area contributed by atoms with E-state index >= 15 is 0 Å². The largest absolute Gasteiger partial charge is 0.378 e. The van der Waals surface area contributed by atoms with E-state index in [1.165, 1.54) is 89.2 Å². The first-order valence-electron chi connectivity index (χ1n) is 12.0. The Kier molecular flexibility index (Phi) is 9.44. The summed E-state index contributed by atoms with van der Waals surface area (Å²) in [7, 11) is 0. The molecule has 2 fully saturated rings. The van der Waals surface area contributed by atoms with Crippen LogP contribution in [0.1, 0.15) is 63.5 Å². The maximum Gasteiger partial charge on any atom is 0.0599 e. The SMILES string of the molecule is CCCN1CCC(OCCCN2CCN(Cc3ccc(C(C)C)cc3)CC2)CC1. The average Bonchev–Trinajstić information content (AvgIpc) is 2.74. The summed E-state index contributed by atoms with van der Waals surface area (Å²) >= 11 is 0. The molecule has 0 saturated carbocycles. The number of piperidine rings is 1. The molecule has 0 aromatic heterocycles. The van der Waals surface area contributed by atoms with Crippen molar-refractivity contribution in [3.8, 4) is 0 Å². The molecule has 1 aromatic carbocycles. The van der Waals surface area contributed by atoms with Crippen molar-refractivity contribution < 1.29 is 4.74 Å². The van der Waals surface area contributed by atoms with Gasteiger partial charge in [0.05, 0.1) is 6.10 Å². The number of hydrogen-bond acceptors (Lipinski definition) is 4. The molecule has 2 aliphatic rings. The van der Waals surface area contributed by atoms with Crippen molar-refractivity contribution in [2.45, 2.75) is 65.0 Å². The number of likely N-dealkylation sites (tertiary alicyclic amines) is 1. The quantitative estimate of drug-likeness (QED) is 0.547. The maximum absolute atomic E-state index is 6.16. The van der Waals surface area contributed by atoms with Crippen LogP contribution in [-0.2, 0) is 11.3 Å². The molecule has 0 N–H and O–H groups in total. The van der Waals surface area contributed by atoms with E-state index in [-0.39, 0.29) is 0 Å². The van der Waals surface area contributed by atoms with Gasteiger partial charge < -0.3 is 14.5 Å². The number of nitrogens with zero attached hydrogens (tertiary/aromatic N) is 3. The molecule has 2 saturated heterocycles. The zero-order valence-corrected chi connectivity index (χ0v) is 19.1. The number of piperazine rings is 1. The van der Waals surface area contributed by atoms with Gasteiger partial charge in [-0.05, 0) is 49.3 Å². The lowest BCUT2D eigenvalue weighted by Gasteiger charge is -2.35. The zero-order valence-electron chi connectivity index (χ0n) is 19.1. The molecule has 2 aliphatic heterocycles. The van der Waals surface area contributed by atoms with Crippen LogP contribution >= 0.6 is 0 Å². The highest BCUT2D eigenvalue weighted by Crippen LogP contribution is 2.17. The molecule has 0 bridgehead atoms. The third kappa shape index (κ3) is 7.67. The smallest absolute Gasteiger partial charge is 0.0599 e. The number of benzene rings is 1. The van der Waals surface area contributed by atoms with Gasteiger partial charge in [-0.2, -0.15) is 0 Å². The molecule has 0 unspecified atom stereocenters. The minimum atomic E-state index is 0.502. The van der Waals surface area contributed by atoms with Gasteiger partial charge in [0, 0.05) is 59.0 Å². The Labute approximate surface area is 179 Å². The Morgan fingerprint density at radius 2 is 1.48 bits per heavy atom. The van der Waals surface area contributed by atoms with Crippen molar-refractivity contribution in [2.24, 2.45) is 0 Å². The molecule has 0 amide bonds. The summed E-state index contributed by atoms with van der Waals surface area (Å²) in [4.78, 5) is 7.80. The maximum atomic E-state index is 6.16. The summed E-state index contributed by atoms with van der Waals surface area (Å²) in [6, 6.07) is 9.21. The molecule has 164 valence electrons. The number of rotatable bonds is 10. The monoisotopic (exact) mass is 401 g/mol. The van der Waals surface area contributed by atoms with Crippen LogP contribution in [0.3, 0.4) is 0 Å². The van der Waals surface area contributed by atoms with Gasteiger partial charge in [0.25, 0.3) is 0 Å². The van der Waals surface area contributed by atoms with E-state index < -0.39 is 0 Å². The van der Waals surface area contributed by atoms with Crippen LogP contribution in [-0.4, -0.2) is 79.8 Å². The Morgan fingerprint density at radius 3 is 2.10 bits per heavy atom. The lowest BCUT2D eigenvalue weighted by molar-refractivity contribution is 0.00243. The van der Waals surface area contributed by atoms with Crippen LogP contribution in [0.2, 0.25) is 0 Å². The standard InChI is InChI=1S/C25H43N3O/c1-4-12-26-14-10-25(11-15-26)29-20-5-13-27-16-18-28(19-17-27)21-23-6-8-24(9-7-23)22(2)3/h6-9,22,25H,4-5,10-21H2,1-3H3. The molecular formula is C25H43N3O. The average molecular weight is 402 g/mol. The second kappa shape index (κ2) is 12.0. The van der Waals surface area contributed by atoms with Crippen LogP contribution in [0, 0.1) is 0 Å². The van der Waals surface area contributed by atoms with Crippen LogP contribution in [0.4, 0.5) is 0 Å². The molecule has 3 rings (SSSR count). The Morgan fingerprint density at radius 1 is 0.862 bits per heavy atom. The van der Waals surface area contributed by atoms with Crippen molar-refractivity contribution in [1.82, 2.24) is 14.7 Å². The third-order valence-electron chi connectivity index (χ3n) is 6.56. The van der Waals surface area contributed by atoms with Crippen molar-refractivity contribution in [1.29, 1.82) is 0 Å². The summed E-state index contributed by atoms with van der Waals surface area (Å²) in [6.07, 6.45) is 5.38. The molecule has 0 aliphatic carbocycles. The Bertz CT molecular complexity index is 558. The number of hydrogen-bond donors (Lipinski definition) is 0. The summed E-state index contributed by atoms with van der Waals surface area (Å²) in [5.41, 5.74) is 2.88. The summed E-state index contributed by atoms with van der Waals surface area (Å²) in [5.74, 6) is 0.616. The fraction of sp³-hybridized carbons (Fsp3) is 0.760. The fourth-order valence-corrected chi connectivity index (χ4v) is 4.59. The predicted octanol–water partition coefficient (Wildman–Crippen LogP) is 4.21. The molecular weight excluding hydrogens is 358 g/mol. The van der Waals surface area contributed by atoms with E-state index in [1.807, 2.05) is 0 Å². The first kappa shape index (κ1) is 22.7. The Hall–Kier alpha value is -0.940. The molecule has 4 heteroatoms. The highest BCUT2D eigenvalue weighted by Gasteiger charge is 2.20. The summed E-state index contributed by atoms with van der Waals surface area (Å²) in [5, 5.41) is 0. The molecule has 1 aromatic rings. The normalized spacial score (nSPS) is 20.6. The van der Waals surface area contributed by atoms with E-state index in [1.54, 1.807) is 0 Å². The third-order valence-corrected chi connectivity index (χ3v) is 6.56. The van der Waals surface area contributed by atoms with Gasteiger partial charge in [0.15, 0.2) is 0 Å². The molecule has 4 nitrogen and oxygen atoms in total. The lowest BCUT2D eigenvalue weighted by Crippen LogP contribution is -2.46. The highest BCUT2D eigenvalue weighted by molar-refractivity contribution is 5.24. The summed E-state index contributed by atoms with van der Waals surface area (Å²) < 4.78 is 6.16. The molecule has 0 spiro atoms. The van der Waals surface area contributed by atoms with Gasteiger partial charge in [-0.15, -0.1) is 0 Å². The van der Waals surface area contributed by atoms with Crippen LogP contribution in [0.5, 0.6) is 0 Å². The minimum absolute atomic E-state index is 0.502. The van der Waals surface area contributed by atoms with Crippen molar-refractivity contribution in [2.75, 3.05) is 59.0 Å². The predicted molar refractivity (Wildman–Crippen MR) is 123 cm³/mol. The minimum Gasteiger partial charge on any atom is -0.378 e. The number of ether oxygens (including phenoxy) is 1. The van der Waals surface area contributed by atoms with E-state index in [4.69, 9.17) is 4.74 Å². The molecule has 2 heterocycles. The van der Waals surface area contributed by atoms with Gasteiger partial charge in [0.1, 0.15) is 0 Å². The lowest BCUT2D eigenvalue weighted by atomic mass is 10.0. The second-order valence-electron chi connectivity index (χ2n) is 9.28.